The summed E-state index contributed by atoms with van der Waals surface area (Å²) in [5.74, 6) is -0.00885. The molecule has 0 bridgehead atoms. The number of carbonyl (C=O) groups excluding carboxylic acids is 1. The molecule has 0 saturated carbocycles. The van der Waals surface area contributed by atoms with Crippen molar-refractivity contribution in [1.29, 1.82) is 5.41 Å². The summed E-state index contributed by atoms with van der Waals surface area (Å²) in [6, 6.07) is 7.59. The summed E-state index contributed by atoms with van der Waals surface area (Å²) >= 11 is 0. The minimum absolute atomic E-state index is 0.00885. The summed E-state index contributed by atoms with van der Waals surface area (Å²) < 4.78 is 1.99. The predicted molar refractivity (Wildman–Crippen MR) is 110 cm³/mol. The van der Waals surface area contributed by atoms with Crippen molar-refractivity contribution in [2.24, 2.45) is 4.99 Å². The van der Waals surface area contributed by atoms with Crippen LogP contribution in [0.1, 0.15) is 60.8 Å². The van der Waals surface area contributed by atoms with Gasteiger partial charge in [-0.1, -0.05) is 18.6 Å². The van der Waals surface area contributed by atoms with Crippen LogP contribution < -0.4 is 5.48 Å². The number of para-hydroxylation sites is 1. The molecule has 2 aromatic rings. The Morgan fingerprint density at radius 1 is 1.31 bits per heavy atom. The summed E-state index contributed by atoms with van der Waals surface area (Å²) in [4.78, 5) is 29.2. The van der Waals surface area contributed by atoms with Gasteiger partial charge in [-0.2, -0.15) is 0 Å². The molecule has 8 heteroatoms. The fraction of sp³-hybridized carbons (Fsp3) is 0.429. The molecule has 8 nitrogen and oxygen atoms in total. The van der Waals surface area contributed by atoms with Gasteiger partial charge in [-0.3, -0.25) is 4.79 Å². The van der Waals surface area contributed by atoms with E-state index in [0.29, 0.717) is 17.8 Å². The van der Waals surface area contributed by atoms with E-state index in [2.05, 4.69) is 10.5 Å². The van der Waals surface area contributed by atoms with Crippen LogP contribution in [0.15, 0.2) is 35.6 Å². The zero-order valence-corrected chi connectivity index (χ0v) is 16.8. The molecule has 2 N–H and O–H groups in total. The van der Waals surface area contributed by atoms with Gasteiger partial charge in [0.2, 0.25) is 0 Å². The van der Waals surface area contributed by atoms with Gasteiger partial charge >= 0.3 is 0 Å². The Hall–Kier alpha value is -3.00. The highest BCUT2D eigenvalue weighted by atomic mass is 16.7. The van der Waals surface area contributed by atoms with E-state index in [1.54, 1.807) is 18.3 Å². The van der Waals surface area contributed by atoms with E-state index in [1.165, 1.54) is 6.40 Å². The standard InChI is InChI=1S/C21H26N6O2/c1-15(22)8-4-3-7-11-21(24-14-29-25-21)19-18-12-26(2)20(28)16-9-5-6-10-17(16)27(18)13-23-19/h5-6,9-10,13-14,22,25H,3-4,7-8,11-12H2,1-2H3. The molecule has 0 saturated heterocycles. The van der Waals surface area contributed by atoms with Gasteiger partial charge in [0.25, 0.3) is 5.91 Å². The van der Waals surface area contributed by atoms with Crippen molar-refractivity contribution in [3.8, 4) is 5.69 Å². The summed E-state index contributed by atoms with van der Waals surface area (Å²) in [7, 11) is 1.81. The monoisotopic (exact) mass is 394 g/mol. The van der Waals surface area contributed by atoms with Gasteiger partial charge in [0.15, 0.2) is 12.1 Å². The van der Waals surface area contributed by atoms with E-state index in [1.807, 2.05) is 35.8 Å². The van der Waals surface area contributed by atoms with Crippen molar-refractivity contribution < 1.29 is 9.63 Å². The van der Waals surface area contributed by atoms with Crippen LogP contribution in [-0.2, 0) is 17.0 Å². The van der Waals surface area contributed by atoms with E-state index in [9.17, 15) is 4.79 Å². The number of aliphatic imine (C=N–C) groups is 1. The largest absolute Gasteiger partial charge is 0.394 e. The van der Waals surface area contributed by atoms with Crippen molar-refractivity contribution >= 4 is 18.0 Å². The Balaban J connectivity index is 1.66. The van der Waals surface area contributed by atoms with E-state index >= 15 is 0 Å². The average molecular weight is 394 g/mol. The Kier molecular flexibility index (Phi) is 5.19. The average Bonchev–Trinajstić information content (AvgIpc) is 3.32. The highest BCUT2D eigenvalue weighted by Crippen LogP contribution is 2.36. The van der Waals surface area contributed by atoms with Crippen molar-refractivity contribution in [2.75, 3.05) is 7.05 Å². The number of imidazole rings is 1. The van der Waals surface area contributed by atoms with Gasteiger partial charge in [-0.05, 0) is 44.7 Å². The lowest BCUT2D eigenvalue weighted by molar-refractivity contribution is 0.0783. The molecule has 3 heterocycles. The SMILES string of the molecule is CC(=N)CCCCCC1(c2ncn3c2CN(C)C(=O)c2ccccc2-3)N=CON1. The first kappa shape index (κ1) is 19.3. The number of hydrogen-bond donors (Lipinski definition) is 2. The maximum Gasteiger partial charge on any atom is 0.256 e. The number of hydroxylamine groups is 1. The third-order valence-electron chi connectivity index (χ3n) is 5.53. The maximum atomic E-state index is 12.8. The molecule has 4 rings (SSSR count). The highest BCUT2D eigenvalue weighted by Gasteiger charge is 2.41. The molecule has 1 aromatic carbocycles. The number of fused-ring (bicyclic) bond motifs is 3. The molecule has 1 atom stereocenters. The molecule has 2 aliphatic rings. The third-order valence-corrected chi connectivity index (χ3v) is 5.53. The molecule has 152 valence electrons. The van der Waals surface area contributed by atoms with Crippen LogP contribution in [0.4, 0.5) is 0 Å². The van der Waals surface area contributed by atoms with E-state index in [4.69, 9.17) is 15.2 Å². The summed E-state index contributed by atoms with van der Waals surface area (Å²) in [5, 5.41) is 7.57. The lowest BCUT2D eigenvalue weighted by atomic mass is 9.97. The second-order valence-electron chi connectivity index (χ2n) is 7.74. The smallest absolute Gasteiger partial charge is 0.256 e. The van der Waals surface area contributed by atoms with Gasteiger partial charge in [-0.15, -0.1) is 5.48 Å². The number of benzene rings is 1. The van der Waals surface area contributed by atoms with Crippen LogP contribution in [-0.4, -0.2) is 39.5 Å². The second-order valence-corrected chi connectivity index (χ2v) is 7.74. The molecular formula is C21H26N6O2. The summed E-state index contributed by atoms with van der Waals surface area (Å²) in [6.07, 6.45) is 7.67. The van der Waals surface area contributed by atoms with E-state index in [0.717, 1.165) is 49.2 Å². The predicted octanol–water partition coefficient (Wildman–Crippen LogP) is 3.16. The summed E-state index contributed by atoms with van der Waals surface area (Å²) in [5.41, 5.74) is 6.20. The van der Waals surface area contributed by atoms with Gasteiger partial charge in [0.1, 0.15) is 5.69 Å². The molecule has 0 aliphatic carbocycles. The quantitative estimate of drug-likeness (QED) is 0.557. The minimum atomic E-state index is -0.760. The molecule has 1 unspecified atom stereocenters. The number of rotatable bonds is 7. The lowest BCUT2D eigenvalue weighted by Gasteiger charge is -2.25. The van der Waals surface area contributed by atoms with Crippen molar-refractivity contribution in [3.05, 3.63) is 47.5 Å². The third kappa shape index (κ3) is 3.55. The minimum Gasteiger partial charge on any atom is -0.394 e. The maximum absolute atomic E-state index is 12.8. The first-order chi connectivity index (χ1) is 14.0. The fourth-order valence-electron chi connectivity index (χ4n) is 4.00. The molecule has 2 aliphatic heterocycles. The molecule has 1 amide bonds. The molecule has 1 aromatic heterocycles. The normalized spacial score (nSPS) is 20.2. The zero-order chi connectivity index (χ0) is 20.4. The highest BCUT2D eigenvalue weighted by molar-refractivity contribution is 5.98. The van der Waals surface area contributed by atoms with E-state index < -0.39 is 5.66 Å². The Labute approximate surface area is 170 Å². The lowest BCUT2D eigenvalue weighted by Crippen LogP contribution is -2.38. The number of aromatic nitrogens is 2. The van der Waals surface area contributed by atoms with Gasteiger partial charge in [0, 0.05) is 12.8 Å². The Morgan fingerprint density at radius 3 is 2.90 bits per heavy atom. The molecule has 0 fully saturated rings. The molecule has 0 spiro atoms. The van der Waals surface area contributed by atoms with Gasteiger partial charge < -0.3 is 19.7 Å². The van der Waals surface area contributed by atoms with Crippen molar-refractivity contribution in [3.63, 3.8) is 0 Å². The fourth-order valence-corrected chi connectivity index (χ4v) is 4.00. The van der Waals surface area contributed by atoms with E-state index in [-0.39, 0.29) is 5.91 Å². The zero-order valence-electron chi connectivity index (χ0n) is 16.8. The van der Waals surface area contributed by atoms with Crippen LogP contribution in [0.2, 0.25) is 0 Å². The Bertz CT molecular complexity index is 966. The van der Waals surface area contributed by atoms with Crippen LogP contribution in [0.3, 0.4) is 0 Å². The van der Waals surface area contributed by atoms with Crippen molar-refractivity contribution in [2.45, 2.75) is 51.2 Å². The van der Waals surface area contributed by atoms with Gasteiger partial charge in [0.05, 0.1) is 29.8 Å². The number of nitrogens with zero attached hydrogens (tertiary/aromatic N) is 4. The first-order valence-corrected chi connectivity index (χ1v) is 9.94. The number of hydrogen-bond acceptors (Lipinski definition) is 6. The number of nitrogens with one attached hydrogen (secondary N) is 2. The van der Waals surface area contributed by atoms with Crippen LogP contribution in [0, 0.1) is 5.41 Å². The Morgan fingerprint density at radius 2 is 2.14 bits per heavy atom. The second kappa shape index (κ2) is 7.79. The molecule has 0 radical (unpaired) electrons. The topological polar surface area (TPSA) is 95.6 Å². The molecule has 29 heavy (non-hydrogen) atoms. The first-order valence-electron chi connectivity index (χ1n) is 9.94. The van der Waals surface area contributed by atoms with Crippen molar-refractivity contribution in [1.82, 2.24) is 19.9 Å². The summed E-state index contributed by atoms with van der Waals surface area (Å²) in [6.45, 7) is 2.28. The number of carbonyl (C=O) groups is 1. The number of unbranched alkanes of at least 4 members (excludes halogenated alkanes) is 2. The number of amides is 1. The van der Waals surface area contributed by atoms with Crippen LogP contribution >= 0.6 is 0 Å². The van der Waals surface area contributed by atoms with Crippen LogP contribution in [0.25, 0.3) is 5.69 Å². The molecular weight excluding hydrogens is 368 g/mol. The van der Waals surface area contributed by atoms with Crippen LogP contribution in [0.5, 0.6) is 0 Å². The van der Waals surface area contributed by atoms with Gasteiger partial charge in [-0.25, -0.2) is 9.98 Å².